The van der Waals surface area contributed by atoms with Gasteiger partial charge in [-0.05, 0) is 24.1 Å². The maximum Gasteiger partial charge on any atom is 0.337 e. The lowest BCUT2D eigenvalue weighted by atomic mass is 9.93. The van der Waals surface area contributed by atoms with Gasteiger partial charge in [0.15, 0.2) is 6.10 Å². The molecule has 22 heavy (non-hydrogen) atoms. The molecule has 1 aromatic carbocycles. The van der Waals surface area contributed by atoms with Crippen LogP contribution in [0.2, 0.25) is 0 Å². The maximum atomic E-state index is 11.7. The van der Waals surface area contributed by atoms with E-state index in [9.17, 15) is 19.5 Å². The fourth-order valence-electron chi connectivity index (χ4n) is 1.91. The summed E-state index contributed by atoms with van der Waals surface area (Å²) in [5.74, 6) is -3.22. The summed E-state index contributed by atoms with van der Waals surface area (Å²) in [7, 11) is 3.56. The fourth-order valence-corrected chi connectivity index (χ4v) is 1.91. The lowest BCUT2D eigenvalue weighted by Crippen LogP contribution is -2.37. The van der Waals surface area contributed by atoms with Gasteiger partial charge in [0.2, 0.25) is 0 Å². The number of hydrogen-bond acceptors (Lipinski definition) is 7. The van der Waals surface area contributed by atoms with Gasteiger partial charge in [-0.2, -0.15) is 0 Å². The molecule has 0 spiro atoms. The van der Waals surface area contributed by atoms with Crippen LogP contribution < -0.4 is 0 Å². The molecule has 2 atom stereocenters. The van der Waals surface area contributed by atoms with Crippen molar-refractivity contribution < 1.29 is 33.7 Å². The Morgan fingerprint density at radius 1 is 0.955 bits per heavy atom. The van der Waals surface area contributed by atoms with Crippen molar-refractivity contribution >= 4 is 17.9 Å². The zero-order valence-corrected chi connectivity index (χ0v) is 12.6. The zero-order chi connectivity index (χ0) is 16.7. The first-order valence-corrected chi connectivity index (χ1v) is 6.45. The summed E-state index contributed by atoms with van der Waals surface area (Å²) in [6.07, 6.45) is -1.57. The molecule has 0 bridgehead atoms. The van der Waals surface area contributed by atoms with E-state index in [1.54, 1.807) is 12.1 Å². The second kappa shape index (κ2) is 8.14. The highest BCUT2D eigenvalue weighted by Gasteiger charge is 2.33. The van der Waals surface area contributed by atoms with Gasteiger partial charge in [0.25, 0.3) is 0 Å². The molecule has 1 rings (SSSR count). The second-order valence-corrected chi connectivity index (χ2v) is 4.49. The summed E-state index contributed by atoms with van der Waals surface area (Å²) < 4.78 is 13.6. The Balaban J connectivity index is 2.92. The molecule has 0 saturated heterocycles. The van der Waals surface area contributed by atoms with Crippen molar-refractivity contribution in [2.24, 2.45) is 5.92 Å². The first-order chi connectivity index (χ1) is 10.4. The smallest absolute Gasteiger partial charge is 0.337 e. The molecular formula is C15H18O7. The van der Waals surface area contributed by atoms with E-state index in [0.717, 1.165) is 7.11 Å². The summed E-state index contributed by atoms with van der Waals surface area (Å²) in [5, 5.41) is 9.87. The molecular weight excluding hydrogens is 292 g/mol. The molecule has 0 unspecified atom stereocenters. The molecule has 1 N–H and O–H groups in total. The van der Waals surface area contributed by atoms with Crippen molar-refractivity contribution in [2.45, 2.75) is 12.5 Å². The zero-order valence-electron chi connectivity index (χ0n) is 12.6. The van der Waals surface area contributed by atoms with Gasteiger partial charge in [-0.15, -0.1) is 0 Å². The number of ether oxygens (including phenoxy) is 3. The summed E-state index contributed by atoms with van der Waals surface area (Å²) in [6.45, 7) is 0. The van der Waals surface area contributed by atoms with Crippen LogP contribution in [0.25, 0.3) is 0 Å². The van der Waals surface area contributed by atoms with Gasteiger partial charge in [0, 0.05) is 0 Å². The van der Waals surface area contributed by atoms with E-state index in [-0.39, 0.29) is 6.42 Å². The Kier molecular flexibility index (Phi) is 6.52. The molecule has 1 aromatic rings. The van der Waals surface area contributed by atoms with Crippen LogP contribution in [0.5, 0.6) is 0 Å². The molecule has 120 valence electrons. The van der Waals surface area contributed by atoms with E-state index < -0.39 is 29.9 Å². The van der Waals surface area contributed by atoms with Crippen molar-refractivity contribution in [1.29, 1.82) is 0 Å². The molecule has 0 aliphatic heterocycles. The summed E-state index contributed by atoms with van der Waals surface area (Å²) in [4.78, 5) is 34.5. The summed E-state index contributed by atoms with van der Waals surface area (Å²) in [6, 6.07) is 6.26. The minimum Gasteiger partial charge on any atom is -0.469 e. The second-order valence-electron chi connectivity index (χ2n) is 4.49. The summed E-state index contributed by atoms with van der Waals surface area (Å²) in [5.41, 5.74) is 1.00. The third-order valence-corrected chi connectivity index (χ3v) is 3.16. The Hall–Kier alpha value is -2.41. The minimum absolute atomic E-state index is 0.0599. The van der Waals surface area contributed by atoms with Crippen molar-refractivity contribution in [3.8, 4) is 0 Å². The number of aliphatic hydroxyl groups excluding tert-OH is 1. The molecule has 7 heteroatoms. The first-order valence-electron chi connectivity index (χ1n) is 6.45. The van der Waals surface area contributed by atoms with Crippen LogP contribution in [0.1, 0.15) is 15.9 Å². The number of methoxy groups -OCH3 is 3. The van der Waals surface area contributed by atoms with E-state index in [4.69, 9.17) is 0 Å². The van der Waals surface area contributed by atoms with E-state index in [0.29, 0.717) is 11.1 Å². The number of carbonyl (C=O) groups excluding carboxylic acids is 3. The molecule has 0 amide bonds. The van der Waals surface area contributed by atoms with Crippen LogP contribution >= 0.6 is 0 Å². The van der Waals surface area contributed by atoms with Gasteiger partial charge in [-0.1, -0.05) is 12.1 Å². The van der Waals surface area contributed by atoms with Crippen LogP contribution in [0, 0.1) is 5.92 Å². The topological polar surface area (TPSA) is 99.1 Å². The third kappa shape index (κ3) is 4.29. The van der Waals surface area contributed by atoms with E-state index >= 15 is 0 Å². The van der Waals surface area contributed by atoms with Gasteiger partial charge in [-0.3, -0.25) is 4.79 Å². The van der Waals surface area contributed by atoms with Crippen LogP contribution in [0.4, 0.5) is 0 Å². The number of hydrogen-bond donors (Lipinski definition) is 1. The minimum atomic E-state index is -1.63. The van der Waals surface area contributed by atoms with Gasteiger partial charge in [-0.25, -0.2) is 9.59 Å². The molecule has 0 fully saturated rings. The van der Waals surface area contributed by atoms with Crippen molar-refractivity contribution in [3.63, 3.8) is 0 Å². The van der Waals surface area contributed by atoms with E-state index in [2.05, 4.69) is 14.2 Å². The third-order valence-electron chi connectivity index (χ3n) is 3.16. The Labute approximate surface area is 127 Å². The van der Waals surface area contributed by atoms with Crippen LogP contribution in [0.15, 0.2) is 24.3 Å². The van der Waals surface area contributed by atoms with Gasteiger partial charge >= 0.3 is 17.9 Å². The van der Waals surface area contributed by atoms with E-state index in [1.165, 1.54) is 26.4 Å². The van der Waals surface area contributed by atoms with Crippen molar-refractivity contribution in [2.75, 3.05) is 21.3 Å². The average molecular weight is 310 g/mol. The largest absolute Gasteiger partial charge is 0.469 e. The molecule has 0 aliphatic carbocycles. The van der Waals surface area contributed by atoms with Crippen LogP contribution in [0.3, 0.4) is 0 Å². The highest BCUT2D eigenvalue weighted by atomic mass is 16.5. The SMILES string of the molecule is COC(=O)c1ccc(C[C@H](C(=O)OC)[C@@H](O)C(=O)OC)cc1. The number of esters is 3. The standard InChI is InChI=1S/C15H18O7/c1-20-13(17)10-6-4-9(5-7-10)8-11(14(18)21-2)12(16)15(19)22-3/h4-7,11-12,16H,8H2,1-3H3/t11-,12+/m0/s1. The lowest BCUT2D eigenvalue weighted by Gasteiger charge is -2.19. The quantitative estimate of drug-likeness (QED) is 0.597. The molecule has 0 saturated carbocycles. The average Bonchev–Trinajstić information content (AvgIpc) is 2.57. The Morgan fingerprint density at radius 2 is 1.50 bits per heavy atom. The molecule has 0 aromatic heterocycles. The predicted molar refractivity (Wildman–Crippen MR) is 75.0 cm³/mol. The number of aliphatic hydroxyl groups is 1. The van der Waals surface area contributed by atoms with Crippen molar-refractivity contribution in [3.05, 3.63) is 35.4 Å². The maximum absolute atomic E-state index is 11.7. The van der Waals surface area contributed by atoms with Crippen LogP contribution in [-0.4, -0.2) is 50.4 Å². The number of rotatable bonds is 6. The molecule has 0 aliphatic rings. The predicted octanol–water partition coefficient (Wildman–Crippen LogP) is 0.339. The highest BCUT2D eigenvalue weighted by molar-refractivity contribution is 5.89. The number of benzene rings is 1. The molecule has 7 nitrogen and oxygen atoms in total. The first kappa shape index (κ1) is 17.6. The molecule has 0 radical (unpaired) electrons. The Bertz CT molecular complexity index is 535. The fraction of sp³-hybridized carbons (Fsp3) is 0.400. The van der Waals surface area contributed by atoms with Gasteiger partial charge in [0.05, 0.1) is 32.8 Å². The van der Waals surface area contributed by atoms with Gasteiger partial charge in [0.1, 0.15) is 0 Å². The van der Waals surface area contributed by atoms with Gasteiger partial charge < -0.3 is 19.3 Å². The van der Waals surface area contributed by atoms with Crippen molar-refractivity contribution in [1.82, 2.24) is 0 Å². The monoisotopic (exact) mass is 310 g/mol. The lowest BCUT2D eigenvalue weighted by molar-refractivity contribution is -0.163. The molecule has 0 heterocycles. The highest BCUT2D eigenvalue weighted by Crippen LogP contribution is 2.17. The van der Waals surface area contributed by atoms with Crippen LogP contribution in [-0.2, 0) is 30.2 Å². The normalized spacial score (nSPS) is 12.9. The summed E-state index contributed by atoms with van der Waals surface area (Å²) >= 11 is 0. The number of carbonyl (C=O) groups is 3. The van der Waals surface area contributed by atoms with E-state index in [1.807, 2.05) is 0 Å². The Morgan fingerprint density at radius 3 is 1.95 bits per heavy atom.